The third-order valence-corrected chi connectivity index (χ3v) is 3.31. The summed E-state index contributed by atoms with van der Waals surface area (Å²) < 4.78 is 0. The predicted molar refractivity (Wildman–Crippen MR) is 65.0 cm³/mol. The number of carbonyl (C=O) groups is 1. The lowest BCUT2D eigenvalue weighted by atomic mass is 9.82. The number of amides is 1. The molecule has 1 amide bonds. The van der Waals surface area contributed by atoms with E-state index in [1.807, 2.05) is 0 Å². The molecular formula is C13H25NO2. The molecule has 94 valence electrons. The molecule has 3 heteroatoms. The van der Waals surface area contributed by atoms with E-state index < -0.39 is 0 Å². The normalized spacial score (nSPS) is 19.0. The molecule has 0 aromatic heterocycles. The quantitative estimate of drug-likeness (QED) is 0.730. The van der Waals surface area contributed by atoms with Gasteiger partial charge in [-0.3, -0.25) is 4.79 Å². The summed E-state index contributed by atoms with van der Waals surface area (Å²) in [6, 6.07) is 0. The van der Waals surface area contributed by atoms with Gasteiger partial charge < -0.3 is 10.4 Å². The van der Waals surface area contributed by atoms with E-state index in [-0.39, 0.29) is 17.4 Å². The molecule has 1 unspecified atom stereocenters. The third-order valence-electron chi connectivity index (χ3n) is 3.31. The Morgan fingerprint density at radius 1 is 1.50 bits per heavy atom. The van der Waals surface area contributed by atoms with Crippen LogP contribution in [0.3, 0.4) is 0 Å². The minimum atomic E-state index is -0.307. The summed E-state index contributed by atoms with van der Waals surface area (Å²) >= 11 is 0. The van der Waals surface area contributed by atoms with Gasteiger partial charge in [-0.1, -0.05) is 20.3 Å². The molecule has 0 aromatic rings. The first-order chi connectivity index (χ1) is 7.39. The first kappa shape index (κ1) is 13.5. The van der Waals surface area contributed by atoms with Crippen molar-refractivity contribution in [2.75, 3.05) is 6.54 Å². The van der Waals surface area contributed by atoms with Crippen LogP contribution in [0.2, 0.25) is 0 Å². The highest BCUT2D eigenvalue weighted by atomic mass is 16.3. The van der Waals surface area contributed by atoms with Crippen LogP contribution in [-0.2, 0) is 4.79 Å². The first-order valence-corrected chi connectivity index (χ1v) is 6.34. The third kappa shape index (κ3) is 4.97. The second-order valence-electron chi connectivity index (χ2n) is 6.00. The van der Waals surface area contributed by atoms with Crippen LogP contribution in [0.4, 0.5) is 0 Å². The van der Waals surface area contributed by atoms with Crippen LogP contribution in [0.1, 0.15) is 52.9 Å². The zero-order chi connectivity index (χ0) is 12.2. The van der Waals surface area contributed by atoms with Crippen LogP contribution < -0.4 is 5.32 Å². The second kappa shape index (κ2) is 5.67. The van der Waals surface area contributed by atoms with Gasteiger partial charge in [0.1, 0.15) is 0 Å². The smallest absolute Gasteiger partial charge is 0.220 e. The SMILES string of the molecule is CC(O)CC(C)(C)CNC(=O)CC1CCC1. The van der Waals surface area contributed by atoms with Crippen LogP contribution in [0, 0.1) is 11.3 Å². The van der Waals surface area contributed by atoms with Crippen molar-refractivity contribution in [3.05, 3.63) is 0 Å². The van der Waals surface area contributed by atoms with Gasteiger partial charge in [0.15, 0.2) is 0 Å². The Bertz CT molecular complexity index is 232. The van der Waals surface area contributed by atoms with Gasteiger partial charge in [0.2, 0.25) is 5.91 Å². The summed E-state index contributed by atoms with van der Waals surface area (Å²) in [5.41, 5.74) is -0.0244. The van der Waals surface area contributed by atoms with E-state index >= 15 is 0 Å². The molecule has 16 heavy (non-hydrogen) atoms. The van der Waals surface area contributed by atoms with Gasteiger partial charge in [0.25, 0.3) is 0 Å². The van der Waals surface area contributed by atoms with E-state index in [2.05, 4.69) is 19.2 Å². The second-order valence-corrected chi connectivity index (χ2v) is 6.00. The fourth-order valence-corrected chi connectivity index (χ4v) is 2.24. The Balaban J connectivity index is 2.18. The van der Waals surface area contributed by atoms with Gasteiger partial charge in [-0.15, -0.1) is 0 Å². The number of hydrogen-bond acceptors (Lipinski definition) is 2. The average molecular weight is 227 g/mol. The highest BCUT2D eigenvalue weighted by Gasteiger charge is 2.23. The van der Waals surface area contributed by atoms with Crippen LogP contribution >= 0.6 is 0 Å². The van der Waals surface area contributed by atoms with Gasteiger partial charge in [-0.25, -0.2) is 0 Å². The van der Waals surface area contributed by atoms with Crippen LogP contribution in [0.5, 0.6) is 0 Å². The molecule has 0 saturated heterocycles. The van der Waals surface area contributed by atoms with E-state index in [0.29, 0.717) is 18.9 Å². The molecule has 1 aliphatic carbocycles. The molecule has 1 rings (SSSR count). The molecule has 2 N–H and O–H groups in total. The molecule has 1 aliphatic rings. The molecule has 0 radical (unpaired) electrons. The Kier molecular flexibility index (Phi) is 4.78. The number of hydrogen-bond donors (Lipinski definition) is 2. The van der Waals surface area contributed by atoms with Crippen molar-refractivity contribution < 1.29 is 9.90 Å². The topological polar surface area (TPSA) is 49.3 Å². The van der Waals surface area contributed by atoms with E-state index in [1.165, 1.54) is 19.3 Å². The van der Waals surface area contributed by atoms with Crippen LogP contribution in [0.15, 0.2) is 0 Å². The molecular weight excluding hydrogens is 202 g/mol. The Hall–Kier alpha value is -0.570. The maximum atomic E-state index is 11.6. The van der Waals surface area contributed by atoms with Crippen LogP contribution in [-0.4, -0.2) is 23.7 Å². The maximum Gasteiger partial charge on any atom is 0.220 e. The van der Waals surface area contributed by atoms with E-state index in [1.54, 1.807) is 6.92 Å². The molecule has 0 spiro atoms. The summed E-state index contributed by atoms with van der Waals surface area (Å²) in [5, 5.41) is 12.3. The van der Waals surface area contributed by atoms with E-state index in [4.69, 9.17) is 0 Å². The highest BCUT2D eigenvalue weighted by molar-refractivity contribution is 5.76. The van der Waals surface area contributed by atoms with Crippen molar-refractivity contribution in [2.45, 2.75) is 59.0 Å². The summed E-state index contributed by atoms with van der Waals surface area (Å²) in [5.74, 6) is 0.795. The molecule has 0 aromatic carbocycles. The van der Waals surface area contributed by atoms with E-state index in [9.17, 15) is 9.90 Å². The minimum Gasteiger partial charge on any atom is -0.393 e. The molecule has 0 bridgehead atoms. The number of carbonyl (C=O) groups excluding carboxylic acids is 1. The lowest BCUT2D eigenvalue weighted by molar-refractivity contribution is -0.123. The summed E-state index contributed by atoms with van der Waals surface area (Å²) in [7, 11) is 0. The summed E-state index contributed by atoms with van der Waals surface area (Å²) in [4.78, 5) is 11.6. The van der Waals surface area contributed by atoms with Gasteiger partial charge >= 0.3 is 0 Å². The monoisotopic (exact) mass is 227 g/mol. The van der Waals surface area contributed by atoms with Gasteiger partial charge in [-0.05, 0) is 37.5 Å². The standard InChI is InChI=1S/C13H25NO2/c1-10(15)8-13(2,3)9-14-12(16)7-11-5-4-6-11/h10-11,15H,4-9H2,1-3H3,(H,14,16). The zero-order valence-corrected chi connectivity index (χ0v) is 10.8. The molecule has 3 nitrogen and oxygen atoms in total. The minimum absolute atomic E-state index is 0.0244. The van der Waals surface area contributed by atoms with E-state index in [0.717, 1.165) is 6.42 Å². The molecule has 1 saturated carbocycles. The number of rotatable bonds is 6. The summed E-state index contributed by atoms with van der Waals surface area (Å²) in [6.45, 7) is 6.59. The molecule has 0 heterocycles. The van der Waals surface area contributed by atoms with Gasteiger partial charge in [0, 0.05) is 13.0 Å². The highest BCUT2D eigenvalue weighted by Crippen LogP contribution is 2.29. The Labute approximate surface area is 98.6 Å². The van der Waals surface area contributed by atoms with Crippen molar-refractivity contribution in [1.82, 2.24) is 5.32 Å². The van der Waals surface area contributed by atoms with Gasteiger partial charge in [0.05, 0.1) is 6.10 Å². The zero-order valence-electron chi connectivity index (χ0n) is 10.8. The Morgan fingerprint density at radius 3 is 2.56 bits per heavy atom. The predicted octanol–water partition coefficient (Wildman–Crippen LogP) is 2.09. The van der Waals surface area contributed by atoms with Crippen molar-refractivity contribution in [1.29, 1.82) is 0 Å². The van der Waals surface area contributed by atoms with Crippen LogP contribution in [0.25, 0.3) is 0 Å². The number of nitrogens with one attached hydrogen (secondary N) is 1. The molecule has 0 aliphatic heterocycles. The molecule has 1 fully saturated rings. The number of aliphatic hydroxyl groups is 1. The van der Waals surface area contributed by atoms with Crippen molar-refractivity contribution in [2.24, 2.45) is 11.3 Å². The maximum absolute atomic E-state index is 11.6. The largest absolute Gasteiger partial charge is 0.393 e. The number of aliphatic hydroxyl groups excluding tert-OH is 1. The fraction of sp³-hybridized carbons (Fsp3) is 0.923. The Morgan fingerprint density at radius 2 is 2.12 bits per heavy atom. The molecule has 1 atom stereocenters. The van der Waals surface area contributed by atoms with Gasteiger partial charge in [-0.2, -0.15) is 0 Å². The lowest BCUT2D eigenvalue weighted by Crippen LogP contribution is -2.37. The van der Waals surface area contributed by atoms with Crippen molar-refractivity contribution >= 4 is 5.91 Å². The van der Waals surface area contributed by atoms with Crippen molar-refractivity contribution in [3.63, 3.8) is 0 Å². The lowest BCUT2D eigenvalue weighted by Gasteiger charge is -2.28. The summed E-state index contributed by atoms with van der Waals surface area (Å²) in [6.07, 6.45) is 4.81. The average Bonchev–Trinajstić information content (AvgIpc) is 2.06. The fourth-order valence-electron chi connectivity index (χ4n) is 2.24. The first-order valence-electron chi connectivity index (χ1n) is 6.34. The van der Waals surface area contributed by atoms with Crippen molar-refractivity contribution in [3.8, 4) is 0 Å².